The highest BCUT2D eigenvalue weighted by molar-refractivity contribution is 5.64. The second-order valence-electron chi connectivity index (χ2n) is 6.27. The van der Waals surface area contributed by atoms with E-state index in [0.717, 1.165) is 11.8 Å². The van der Waals surface area contributed by atoms with Gasteiger partial charge in [0.15, 0.2) is 0 Å². The van der Waals surface area contributed by atoms with Gasteiger partial charge in [-0.05, 0) is 53.5 Å². The fraction of sp³-hybridized carbons (Fsp3) is 0.350. The van der Waals surface area contributed by atoms with Gasteiger partial charge in [-0.15, -0.1) is 0 Å². The molecule has 21 heavy (non-hydrogen) atoms. The van der Waals surface area contributed by atoms with Gasteiger partial charge in [-0.25, -0.2) is 0 Å². The lowest BCUT2D eigenvalue weighted by Gasteiger charge is -2.26. The van der Waals surface area contributed by atoms with Crippen LogP contribution in [0.25, 0.3) is 11.1 Å². The molecule has 1 fully saturated rings. The summed E-state index contributed by atoms with van der Waals surface area (Å²) in [7, 11) is 0. The van der Waals surface area contributed by atoms with Crippen molar-refractivity contribution in [2.45, 2.75) is 38.5 Å². The largest absolute Gasteiger partial charge is 0.192 e. The number of nitrogens with zero attached hydrogens (tertiary/aromatic N) is 1. The third-order valence-corrected chi connectivity index (χ3v) is 4.75. The molecule has 0 amide bonds. The number of hydrogen-bond acceptors (Lipinski definition) is 1. The van der Waals surface area contributed by atoms with Crippen LogP contribution in [0.2, 0.25) is 0 Å². The first-order valence-electron chi connectivity index (χ1n) is 7.87. The van der Waals surface area contributed by atoms with Crippen LogP contribution in [0, 0.1) is 17.2 Å². The molecule has 0 bridgehead atoms. The minimum absolute atomic E-state index is 0.715. The van der Waals surface area contributed by atoms with E-state index < -0.39 is 0 Å². The first kappa shape index (κ1) is 13.9. The van der Waals surface area contributed by atoms with Crippen LogP contribution in [0.1, 0.15) is 49.7 Å². The summed E-state index contributed by atoms with van der Waals surface area (Å²) in [5.41, 5.74) is 4.61. The zero-order chi connectivity index (χ0) is 14.7. The topological polar surface area (TPSA) is 23.8 Å². The maximum Gasteiger partial charge on any atom is 0.0991 e. The predicted octanol–water partition coefficient (Wildman–Crippen LogP) is 5.52. The Balaban J connectivity index is 1.75. The Labute approximate surface area is 127 Å². The Morgan fingerprint density at radius 3 is 1.86 bits per heavy atom. The fourth-order valence-corrected chi connectivity index (χ4v) is 3.28. The summed E-state index contributed by atoms with van der Waals surface area (Å²) in [6, 6.07) is 19.0. The van der Waals surface area contributed by atoms with E-state index >= 15 is 0 Å². The van der Waals surface area contributed by atoms with Crippen molar-refractivity contribution in [3.05, 3.63) is 59.7 Å². The molecule has 0 N–H and O–H groups in total. The van der Waals surface area contributed by atoms with Crippen molar-refractivity contribution in [1.29, 1.82) is 5.26 Å². The van der Waals surface area contributed by atoms with Crippen molar-refractivity contribution < 1.29 is 0 Å². The quantitative estimate of drug-likeness (QED) is 0.708. The van der Waals surface area contributed by atoms with Crippen LogP contribution in [0.15, 0.2) is 48.5 Å². The molecule has 106 valence electrons. The standard InChI is InChI=1S/C20H21N/c1-15-2-6-17(7-3-15)19-10-12-20(13-11-19)18-8-4-16(14-21)5-9-18/h4-5,8-13,15,17H,2-3,6-7H2,1H3/t15-,17-. The molecule has 1 saturated carbocycles. The van der Waals surface area contributed by atoms with E-state index in [1.165, 1.54) is 42.4 Å². The van der Waals surface area contributed by atoms with Crippen LogP contribution < -0.4 is 0 Å². The SMILES string of the molecule is C[C@H]1CC[C@H](c2ccc(-c3ccc(C#N)cc3)cc2)CC1. The molecule has 0 heterocycles. The highest BCUT2D eigenvalue weighted by atomic mass is 14.2. The number of nitriles is 1. The molecule has 0 aliphatic heterocycles. The van der Waals surface area contributed by atoms with Crippen molar-refractivity contribution >= 4 is 0 Å². The third-order valence-electron chi connectivity index (χ3n) is 4.75. The van der Waals surface area contributed by atoms with Crippen LogP contribution >= 0.6 is 0 Å². The summed E-state index contributed by atoms with van der Waals surface area (Å²) in [6.45, 7) is 2.37. The number of hydrogen-bond donors (Lipinski definition) is 0. The molecule has 0 atom stereocenters. The predicted molar refractivity (Wildman–Crippen MR) is 87.0 cm³/mol. The fourth-order valence-electron chi connectivity index (χ4n) is 3.28. The Bertz CT molecular complexity index is 623. The molecule has 0 spiro atoms. The molecule has 3 rings (SSSR count). The monoisotopic (exact) mass is 275 g/mol. The van der Waals surface area contributed by atoms with E-state index in [0.29, 0.717) is 5.56 Å². The maximum absolute atomic E-state index is 8.85. The molecular formula is C20H21N. The lowest BCUT2D eigenvalue weighted by molar-refractivity contribution is 0.348. The normalized spacial score (nSPS) is 21.7. The van der Waals surface area contributed by atoms with Crippen LogP contribution in [0.5, 0.6) is 0 Å². The maximum atomic E-state index is 8.85. The van der Waals surface area contributed by atoms with Crippen LogP contribution in [-0.4, -0.2) is 0 Å². The summed E-state index contributed by atoms with van der Waals surface area (Å²) in [6.07, 6.45) is 5.39. The number of rotatable bonds is 2. The average molecular weight is 275 g/mol. The van der Waals surface area contributed by atoms with Crippen molar-refractivity contribution in [2.75, 3.05) is 0 Å². The molecule has 0 aromatic heterocycles. The average Bonchev–Trinajstić information content (AvgIpc) is 2.56. The molecule has 1 aliphatic carbocycles. The van der Waals surface area contributed by atoms with Crippen molar-refractivity contribution in [3.63, 3.8) is 0 Å². The summed E-state index contributed by atoms with van der Waals surface area (Å²) >= 11 is 0. The van der Waals surface area contributed by atoms with Crippen LogP contribution in [0.3, 0.4) is 0 Å². The lowest BCUT2D eigenvalue weighted by atomic mass is 9.79. The van der Waals surface area contributed by atoms with Gasteiger partial charge in [0.25, 0.3) is 0 Å². The summed E-state index contributed by atoms with van der Waals surface area (Å²) in [5.74, 6) is 1.65. The smallest absolute Gasteiger partial charge is 0.0991 e. The van der Waals surface area contributed by atoms with E-state index in [4.69, 9.17) is 5.26 Å². The second kappa shape index (κ2) is 6.14. The van der Waals surface area contributed by atoms with Gasteiger partial charge in [-0.3, -0.25) is 0 Å². The first-order valence-corrected chi connectivity index (χ1v) is 7.87. The van der Waals surface area contributed by atoms with Gasteiger partial charge < -0.3 is 0 Å². The number of benzene rings is 2. The lowest BCUT2D eigenvalue weighted by Crippen LogP contribution is -2.10. The molecular weight excluding hydrogens is 254 g/mol. The molecule has 0 radical (unpaired) electrons. The Hall–Kier alpha value is -2.07. The van der Waals surface area contributed by atoms with E-state index in [2.05, 4.69) is 37.3 Å². The van der Waals surface area contributed by atoms with E-state index in [9.17, 15) is 0 Å². The van der Waals surface area contributed by atoms with Crippen LogP contribution in [0.4, 0.5) is 0 Å². The van der Waals surface area contributed by atoms with Crippen molar-refractivity contribution in [1.82, 2.24) is 0 Å². The summed E-state index contributed by atoms with van der Waals surface area (Å²) in [5, 5.41) is 8.85. The van der Waals surface area contributed by atoms with E-state index in [1.807, 2.05) is 24.3 Å². The van der Waals surface area contributed by atoms with E-state index in [1.54, 1.807) is 0 Å². The van der Waals surface area contributed by atoms with Crippen molar-refractivity contribution in [3.8, 4) is 17.2 Å². The Kier molecular flexibility index (Phi) is 4.06. The molecule has 1 heteroatoms. The molecule has 0 unspecified atom stereocenters. The van der Waals surface area contributed by atoms with Gasteiger partial charge in [0.1, 0.15) is 0 Å². The summed E-state index contributed by atoms with van der Waals surface area (Å²) in [4.78, 5) is 0. The van der Waals surface area contributed by atoms with E-state index in [-0.39, 0.29) is 0 Å². The highest BCUT2D eigenvalue weighted by Crippen LogP contribution is 2.36. The molecule has 0 saturated heterocycles. The summed E-state index contributed by atoms with van der Waals surface area (Å²) < 4.78 is 0. The molecule has 1 nitrogen and oxygen atoms in total. The molecule has 1 aliphatic rings. The first-order chi connectivity index (χ1) is 10.3. The Morgan fingerprint density at radius 2 is 1.33 bits per heavy atom. The van der Waals surface area contributed by atoms with Crippen LogP contribution in [-0.2, 0) is 0 Å². The second-order valence-corrected chi connectivity index (χ2v) is 6.27. The zero-order valence-electron chi connectivity index (χ0n) is 12.5. The third kappa shape index (κ3) is 3.16. The van der Waals surface area contributed by atoms with Crippen molar-refractivity contribution in [2.24, 2.45) is 5.92 Å². The van der Waals surface area contributed by atoms with Gasteiger partial charge >= 0.3 is 0 Å². The molecule has 2 aromatic carbocycles. The molecule has 2 aromatic rings. The minimum Gasteiger partial charge on any atom is -0.192 e. The van der Waals surface area contributed by atoms with Gasteiger partial charge in [0.05, 0.1) is 11.6 Å². The highest BCUT2D eigenvalue weighted by Gasteiger charge is 2.19. The zero-order valence-corrected chi connectivity index (χ0v) is 12.5. The van der Waals surface area contributed by atoms with Gasteiger partial charge in [0.2, 0.25) is 0 Å². The Morgan fingerprint density at radius 1 is 0.810 bits per heavy atom. The minimum atomic E-state index is 0.715. The van der Waals surface area contributed by atoms with Gasteiger partial charge in [0, 0.05) is 0 Å². The van der Waals surface area contributed by atoms with Gasteiger partial charge in [-0.1, -0.05) is 56.2 Å². The van der Waals surface area contributed by atoms with Gasteiger partial charge in [-0.2, -0.15) is 5.26 Å².